The summed E-state index contributed by atoms with van der Waals surface area (Å²) in [7, 11) is 0. The van der Waals surface area contributed by atoms with Crippen LogP contribution in [0.2, 0.25) is 0 Å². The van der Waals surface area contributed by atoms with Crippen LogP contribution in [-0.4, -0.2) is 33.3 Å². The lowest BCUT2D eigenvalue weighted by molar-refractivity contribution is 0.237. The Bertz CT molecular complexity index is 552. The molecule has 0 aliphatic carbocycles. The van der Waals surface area contributed by atoms with Gasteiger partial charge in [-0.3, -0.25) is 0 Å². The van der Waals surface area contributed by atoms with Gasteiger partial charge >= 0.3 is 6.03 Å². The minimum Gasteiger partial charge on any atom is -0.508 e. The summed E-state index contributed by atoms with van der Waals surface area (Å²) >= 11 is 0. The van der Waals surface area contributed by atoms with Crippen LogP contribution in [0.25, 0.3) is 0 Å². The minimum atomic E-state index is -0.179. The van der Waals surface area contributed by atoms with Gasteiger partial charge in [-0.05, 0) is 31.0 Å². The zero-order valence-electron chi connectivity index (χ0n) is 12.0. The SMILES string of the molecule is C[C@H](Cc1ccc(O)cc1)NC(=O)NCCn1ccnc1. The molecule has 0 bridgehead atoms. The van der Waals surface area contributed by atoms with Crippen molar-refractivity contribution in [2.45, 2.75) is 25.9 Å². The van der Waals surface area contributed by atoms with Gasteiger partial charge in [0.25, 0.3) is 0 Å². The highest BCUT2D eigenvalue weighted by Gasteiger charge is 2.07. The van der Waals surface area contributed by atoms with Gasteiger partial charge in [0.2, 0.25) is 0 Å². The number of aromatic nitrogens is 2. The molecule has 0 fully saturated rings. The van der Waals surface area contributed by atoms with Crippen LogP contribution < -0.4 is 10.6 Å². The number of hydrogen-bond donors (Lipinski definition) is 3. The molecule has 1 aromatic heterocycles. The summed E-state index contributed by atoms with van der Waals surface area (Å²) in [5.74, 6) is 0.247. The van der Waals surface area contributed by atoms with Gasteiger partial charge in [0.15, 0.2) is 0 Å². The Labute approximate surface area is 123 Å². The number of urea groups is 1. The van der Waals surface area contributed by atoms with E-state index in [-0.39, 0.29) is 17.8 Å². The van der Waals surface area contributed by atoms with Crippen molar-refractivity contribution in [1.82, 2.24) is 20.2 Å². The lowest BCUT2D eigenvalue weighted by atomic mass is 10.1. The van der Waals surface area contributed by atoms with E-state index in [1.807, 2.05) is 29.8 Å². The Balaban J connectivity index is 1.68. The maximum Gasteiger partial charge on any atom is 0.315 e. The van der Waals surface area contributed by atoms with Gasteiger partial charge in [0.05, 0.1) is 6.33 Å². The average Bonchev–Trinajstić information content (AvgIpc) is 2.94. The summed E-state index contributed by atoms with van der Waals surface area (Å²) in [6.45, 7) is 3.19. The molecule has 0 aliphatic heterocycles. The van der Waals surface area contributed by atoms with Crippen LogP contribution >= 0.6 is 0 Å². The highest BCUT2D eigenvalue weighted by molar-refractivity contribution is 5.74. The molecular formula is C15H20N4O2. The van der Waals surface area contributed by atoms with E-state index in [4.69, 9.17) is 0 Å². The number of carbonyl (C=O) groups is 1. The number of carbonyl (C=O) groups excluding carboxylic acids is 1. The molecular weight excluding hydrogens is 268 g/mol. The van der Waals surface area contributed by atoms with Crippen LogP contribution in [0.15, 0.2) is 43.0 Å². The first-order valence-electron chi connectivity index (χ1n) is 6.91. The molecule has 2 rings (SSSR count). The number of nitrogens with zero attached hydrogens (tertiary/aromatic N) is 2. The van der Waals surface area contributed by atoms with E-state index < -0.39 is 0 Å². The van der Waals surface area contributed by atoms with Crippen molar-refractivity contribution < 1.29 is 9.90 Å². The molecule has 0 radical (unpaired) electrons. The number of aromatic hydroxyl groups is 1. The normalized spacial score (nSPS) is 11.9. The van der Waals surface area contributed by atoms with Crippen LogP contribution in [0.1, 0.15) is 12.5 Å². The van der Waals surface area contributed by atoms with Crippen LogP contribution in [0.5, 0.6) is 5.75 Å². The third-order valence-electron chi connectivity index (χ3n) is 3.07. The fourth-order valence-corrected chi connectivity index (χ4v) is 2.03. The van der Waals surface area contributed by atoms with Crippen molar-refractivity contribution in [1.29, 1.82) is 0 Å². The summed E-state index contributed by atoms with van der Waals surface area (Å²) < 4.78 is 1.90. The number of benzene rings is 1. The molecule has 1 heterocycles. The molecule has 2 aromatic rings. The molecule has 0 aliphatic rings. The first-order chi connectivity index (χ1) is 10.1. The third-order valence-corrected chi connectivity index (χ3v) is 3.07. The van der Waals surface area contributed by atoms with Crippen molar-refractivity contribution in [3.8, 4) is 5.75 Å². The Morgan fingerprint density at radius 2 is 2.14 bits per heavy atom. The molecule has 0 unspecified atom stereocenters. The summed E-state index contributed by atoms with van der Waals surface area (Å²) in [4.78, 5) is 15.7. The largest absolute Gasteiger partial charge is 0.508 e. The lowest BCUT2D eigenvalue weighted by Gasteiger charge is -2.15. The molecule has 6 heteroatoms. The van der Waals surface area contributed by atoms with Crippen LogP contribution in [0, 0.1) is 0 Å². The van der Waals surface area contributed by atoms with E-state index >= 15 is 0 Å². The maximum atomic E-state index is 11.7. The van der Waals surface area contributed by atoms with E-state index in [0.717, 1.165) is 12.0 Å². The van der Waals surface area contributed by atoms with E-state index in [0.29, 0.717) is 13.1 Å². The van der Waals surface area contributed by atoms with Crippen LogP contribution in [0.3, 0.4) is 0 Å². The smallest absolute Gasteiger partial charge is 0.315 e. The van der Waals surface area contributed by atoms with E-state index in [1.165, 1.54) is 0 Å². The molecule has 1 atom stereocenters. The predicted molar refractivity (Wildman–Crippen MR) is 80.0 cm³/mol. The average molecular weight is 288 g/mol. The zero-order chi connectivity index (χ0) is 15.1. The number of phenolic OH excluding ortho intramolecular Hbond substituents is 1. The second kappa shape index (κ2) is 7.33. The Morgan fingerprint density at radius 3 is 2.81 bits per heavy atom. The molecule has 0 saturated heterocycles. The number of amides is 2. The summed E-state index contributed by atoms with van der Waals surface area (Å²) in [5.41, 5.74) is 1.07. The summed E-state index contributed by atoms with van der Waals surface area (Å²) in [6.07, 6.45) is 6.00. The van der Waals surface area contributed by atoms with Gasteiger partial charge in [-0.15, -0.1) is 0 Å². The zero-order valence-corrected chi connectivity index (χ0v) is 12.0. The fraction of sp³-hybridized carbons (Fsp3) is 0.333. The van der Waals surface area contributed by atoms with Gasteiger partial charge in [-0.25, -0.2) is 9.78 Å². The molecule has 112 valence electrons. The standard InChI is InChI=1S/C15H20N4O2/c1-12(10-13-2-4-14(20)5-3-13)18-15(21)17-7-9-19-8-6-16-11-19/h2-6,8,11-12,20H,7,9-10H2,1H3,(H2,17,18,21)/t12-/m1/s1. The molecule has 3 N–H and O–H groups in total. The summed E-state index contributed by atoms with van der Waals surface area (Å²) in [6, 6.07) is 6.83. The minimum absolute atomic E-state index is 0.0165. The second-order valence-electron chi connectivity index (χ2n) is 4.97. The second-order valence-corrected chi connectivity index (χ2v) is 4.97. The van der Waals surface area contributed by atoms with Crippen molar-refractivity contribution in [2.75, 3.05) is 6.54 Å². The number of phenols is 1. The maximum absolute atomic E-state index is 11.7. The van der Waals surface area contributed by atoms with Crippen molar-refractivity contribution >= 4 is 6.03 Å². The van der Waals surface area contributed by atoms with Crippen molar-refractivity contribution in [3.63, 3.8) is 0 Å². The Morgan fingerprint density at radius 1 is 1.38 bits per heavy atom. The number of hydrogen-bond acceptors (Lipinski definition) is 3. The molecule has 1 aromatic carbocycles. The van der Waals surface area contributed by atoms with E-state index in [2.05, 4.69) is 15.6 Å². The Kier molecular flexibility index (Phi) is 5.20. The van der Waals surface area contributed by atoms with Gasteiger partial charge in [-0.1, -0.05) is 12.1 Å². The molecule has 0 spiro atoms. The Hall–Kier alpha value is -2.50. The highest BCUT2D eigenvalue weighted by atomic mass is 16.3. The monoisotopic (exact) mass is 288 g/mol. The quantitative estimate of drug-likeness (QED) is 0.754. The summed E-state index contributed by atoms with van der Waals surface area (Å²) in [5, 5.41) is 14.9. The number of imidazole rings is 1. The first-order valence-corrected chi connectivity index (χ1v) is 6.91. The lowest BCUT2D eigenvalue weighted by Crippen LogP contribution is -2.42. The number of rotatable bonds is 6. The molecule has 6 nitrogen and oxygen atoms in total. The first kappa shape index (κ1) is 14.9. The molecule has 2 amide bonds. The fourth-order valence-electron chi connectivity index (χ4n) is 2.03. The third kappa shape index (κ3) is 5.18. The number of nitrogens with one attached hydrogen (secondary N) is 2. The van der Waals surface area contributed by atoms with Crippen molar-refractivity contribution in [2.24, 2.45) is 0 Å². The molecule has 0 saturated carbocycles. The van der Waals surface area contributed by atoms with Crippen molar-refractivity contribution in [3.05, 3.63) is 48.5 Å². The predicted octanol–water partition coefficient (Wildman–Crippen LogP) is 1.52. The van der Waals surface area contributed by atoms with E-state index in [9.17, 15) is 9.90 Å². The molecule has 21 heavy (non-hydrogen) atoms. The van der Waals surface area contributed by atoms with Gasteiger partial charge in [-0.2, -0.15) is 0 Å². The van der Waals surface area contributed by atoms with Gasteiger partial charge in [0, 0.05) is 31.5 Å². The van der Waals surface area contributed by atoms with E-state index in [1.54, 1.807) is 24.7 Å². The topological polar surface area (TPSA) is 79.2 Å². The van der Waals surface area contributed by atoms with Crippen LogP contribution in [-0.2, 0) is 13.0 Å². The van der Waals surface area contributed by atoms with Gasteiger partial charge < -0.3 is 20.3 Å². The van der Waals surface area contributed by atoms with Crippen LogP contribution in [0.4, 0.5) is 4.79 Å². The van der Waals surface area contributed by atoms with Gasteiger partial charge in [0.1, 0.15) is 5.75 Å². The highest BCUT2D eigenvalue weighted by Crippen LogP contribution is 2.11.